The molecule has 3 aromatic carbocycles. The Kier molecular flexibility index (Phi) is 8.90. The molecule has 3 heteroatoms. The van der Waals surface area contributed by atoms with Crippen molar-refractivity contribution in [3.63, 3.8) is 0 Å². The van der Waals surface area contributed by atoms with E-state index in [2.05, 4.69) is 36.4 Å². The Hall–Kier alpha value is -0.0673. The Morgan fingerprint density at radius 1 is 0.571 bits per heavy atom. The maximum absolute atomic E-state index is 3.31. The largest absolute Gasteiger partial charge is 0.364 e. The van der Waals surface area contributed by atoms with E-state index < -0.39 is 0 Å². The predicted octanol–water partition coefficient (Wildman–Crippen LogP) is 1.40. The third-order valence-electron chi connectivity index (χ3n) is 3.05. The normalized spacial score (nSPS) is 9.14. The first kappa shape index (κ1) is 19.0. The number of benzene rings is 3. The summed E-state index contributed by atoms with van der Waals surface area (Å²) in [7, 11) is 0. The second-order valence-corrected chi connectivity index (χ2v) is 4.30. The van der Waals surface area contributed by atoms with Gasteiger partial charge in [-0.3, -0.25) is 18.2 Å². The van der Waals surface area contributed by atoms with Crippen molar-refractivity contribution < 1.29 is 65.4 Å². The van der Waals surface area contributed by atoms with E-state index in [1.807, 2.05) is 54.6 Å². The van der Waals surface area contributed by atoms with E-state index in [4.69, 9.17) is 0 Å². The van der Waals surface area contributed by atoms with Gasteiger partial charge in [-0.15, -0.1) is 0 Å². The molecule has 21 heavy (non-hydrogen) atoms. The minimum Gasteiger partial charge on any atom is -0.364 e. The van der Waals surface area contributed by atoms with Gasteiger partial charge in [0, 0.05) is 65.4 Å². The fourth-order valence-electron chi connectivity index (χ4n) is 2.18. The first-order chi connectivity index (χ1) is 9.45. The Bertz CT molecular complexity index is 533. The minimum absolute atomic E-state index is 0. The van der Waals surface area contributed by atoms with Crippen LogP contribution in [0.3, 0.4) is 0 Å². The molecule has 96 valence electrons. The molecule has 0 unspecified atom stereocenters. The van der Waals surface area contributed by atoms with Crippen molar-refractivity contribution in [1.29, 1.82) is 0 Å². The second-order valence-electron chi connectivity index (χ2n) is 4.30. The van der Waals surface area contributed by atoms with Crippen LogP contribution in [-0.4, -0.2) is 6.71 Å². The monoisotopic (exact) mass is 416 g/mol. The molecule has 3 aromatic rings. The van der Waals surface area contributed by atoms with Gasteiger partial charge in [0.2, 0.25) is 0 Å². The second kappa shape index (κ2) is 9.85. The number of hydrogen-bond donors (Lipinski definition) is 0. The molecule has 0 atom stereocenters. The summed E-state index contributed by atoms with van der Waals surface area (Å²) >= 11 is 0. The van der Waals surface area contributed by atoms with Crippen molar-refractivity contribution >= 4 is 23.1 Å². The summed E-state index contributed by atoms with van der Waals surface area (Å²) in [4.78, 5) is 0. The summed E-state index contributed by atoms with van der Waals surface area (Å²) in [6.07, 6.45) is 0. The molecule has 0 heterocycles. The summed E-state index contributed by atoms with van der Waals surface area (Å²) < 4.78 is 0. The molecule has 0 saturated heterocycles. The van der Waals surface area contributed by atoms with E-state index in [1.54, 1.807) is 0 Å². The fraction of sp³-hybridized carbons (Fsp3) is 0. The zero-order valence-electron chi connectivity index (χ0n) is 11.6. The van der Waals surface area contributed by atoms with Crippen LogP contribution < -0.4 is 16.4 Å². The third-order valence-corrected chi connectivity index (χ3v) is 3.05. The fourth-order valence-corrected chi connectivity index (χ4v) is 2.18. The molecule has 0 nitrogen and oxygen atoms in total. The van der Waals surface area contributed by atoms with Crippen LogP contribution in [-0.2, 0) is 65.4 Å². The average molecular weight is 416 g/mol. The van der Waals surface area contributed by atoms with E-state index in [9.17, 15) is 0 Å². The molecule has 0 fully saturated rings. The average Bonchev–Trinajstić information content (AvgIpc) is 2.51. The van der Waals surface area contributed by atoms with E-state index in [0.29, 0.717) is 0 Å². The molecular weight excluding hydrogens is 405 g/mol. The van der Waals surface area contributed by atoms with Crippen molar-refractivity contribution in [1.82, 2.24) is 0 Å². The van der Waals surface area contributed by atoms with E-state index in [-0.39, 0.29) is 72.1 Å². The van der Waals surface area contributed by atoms with Crippen molar-refractivity contribution in [2.24, 2.45) is 0 Å². The van der Waals surface area contributed by atoms with Crippen LogP contribution in [0.15, 0.2) is 66.7 Å². The Morgan fingerprint density at radius 2 is 1.05 bits per heavy atom. The standard InChI is InChI=1S/C18H11B.2Y/c1-4-10-16(11-5-1)19(17-12-6-2-7-13-17)18-14-8-3-9-15-18;;/h1-10,12H;;/q-4;;. The zero-order chi connectivity index (χ0) is 12.9. The van der Waals surface area contributed by atoms with E-state index in [1.165, 1.54) is 0 Å². The van der Waals surface area contributed by atoms with Crippen LogP contribution in [0.25, 0.3) is 0 Å². The van der Waals surface area contributed by atoms with E-state index in [0.717, 1.165) is 16.4 Å². The molecular formula is C18H11BY2-4. The third kappa shape index (κ3) is 4.96. The molecule has 0 aliphatic carbocycles. The summed E-state index contributed by atoms with van der Waals surface area (Å²) in [5.41, 5.74) is 3.25. The Balaban J connectivity index is 0.00000110. The van der Waals surface area contributed by atoms with Gasteiger partial charge in [0.05, 0.1) is 0 Å². The van der Waals surface area contributed by atoms with Crippen LogP contribution >= 0.6 is 0 Å². The zero-order valence-corrected chi connectivity index (χ0v) is 17.3. The number of hydrogen-bond acceptors (Lipinski definition) is 0. The molecule has 3 rings (SSSR count). The Morgan fingerprint density at radius 3 is 1.48 bits per heavy atom. The van der Waals surface area contributed by atoms with Gasteiger partial charge in [-0.25, -0.2) is 0 Å². The Labute approximate surface area is 177 Å². The van der Waals surface area contributed by atoms with Crippen molar-refractivity contribution in [2.75, 3.05) is 0 Å². The van der Waals surface area contributed by atoms with Crippen LogP contribution in [0.2, 0.25) is 0 Å². The maximum atomic E-state index is 3.31. The first-order valence-corrected chi connectivity index (χ1v) is 6.26. The summed E-state index contributed by atoms with van der Waals surface area (Å²) in [6, 6.07) is 35.0. The molecule has 0 N–H and O–H groups in total. The molecule has 0 spiro atoms. The maximum Gasteiger partial charge on any atom is 0.140 e. The molecule has 0 aromatic heterocycles. The van der Waals surface area contributed by atoms with Gasteiger partial charge in [0.25, 0.3) is 0 Å². The molecule has 0 bridgehead atoms. The van der Waals surface area contributed by atoms with Crippen LogP contribution in [0.4, 0.5) is 0 Å². The number of rotatable bonds is 3. The van der Waals surface area contributed by atoms with Gasteiger partial charge in [-0.05, 0) is 0 Å². The predicted molar refractivity (Wildman–Crippen MR) is 79.3 cm³/mol. The topological polar surface area (TPSA) is 0 Å². The van der Waals surface area contributed by atoms with Crippen LogP contribution in [0.5, 0.6) is 0 Å². The van der Waals surface area contributed by atoms with Crippen LogP contribution in [0.1, 0.15) is 0 Å². The van der Waals surface area contributed by atoms with Gasteiger partial charge in [-0.1, -0.05) is 0 Å². The van der Waals surface area contributed by atoms with Crippen molar-refractivity contribution in [3.8, 4) is 0 Å². The molecule has 0 amide bonds. The summed E-state index contributed by atoms with van der Waals surface area (Å²) in [5.74, 6) is 0. The van der Waals surface area contributed by atoms with Gasteiger partial charge >= 0.3 is 0 Å². The van der Waals surface area contributed by atoms with Gasteiger partial charge in [0.1, 0.15) is 6.71 Å². The molecule has 0 aliphatic rings. The SMILES string of the molecule is [Y].[Y].[c-]1ccc[c-]c1B(c1[c-]cccc1)c1[c-]cccc1. The quantitative estimate of drug-likeness (QED) is 0.448. The van der Waals surface area contributed by atoms with Gasteiger partial charge in [-0.2, -0.15) is 71.6 Å². The van der Waals surface area contributed by atoms with Crippen LogP contribution in [0, 0.1) is 24.3 Å². The van der Waals surface area contributed by atoms with Gasteiger partial charge in [0.15, 0.2) is 0 Å². The summed E-state index contributed by atoms with van der Waals surface area (Å²) in [6.45, 7) is 0.0867. The molecule has 2 radical (unpaired) electrons. The minimum atomic E-state index is 0. The summed E-state index contributed by atoms with van der Waals surface area (Å²) in [5, 5.41) is 0. The molecule has 0 aliphatic heterocycles. The van der Waals surface area contributed by atoms with Crippen molar-refractivity contribution in [3.05, 3.63) is 91.0 Å². The smallest absolute Gasteiger partial charge is 0.140 e. The van der Waals surface area contributed by atoms with Gasteiger partial charge < -0.3 is 17.6 Å². The first-order valence-electron chi connectivity index (χ1n) is 6.26. The van der Waals surface area contributed by atoms with Crippen molar-refractivity contribution in [2.45, 2.75) is 0 Å². The molecule has 0 saturated carbocycles. The van der Waals surface area contributed by atoms with E-state index >= 15 is 0 Å².